The van der Waals surface area contributed by atoms with Gasteiger partial charge in [-0.25, -0.2) is 0 Å². The largest absolute Gasteiger partial charge is 0.425 e. The van der Waals surface area contributed by atoms with Crippen LogP contribution in [0.4, 0.5) is 0 Å². The molecule has 4 nitrogen and oxygen atoms in total. The fraction of sp³-hybridized carbons (Fsp3) is 0.444. The Morgan fingerprint density at radius 1 is 0.379 bits per heavy atom. The van der Waals surface area contributed by atoms with E-state index in [0.717, 1.165) is 104 Å². The molecular formula is C54H66O4. The van der Waals surface area contributed by atoms with E-state index in [0.29, 0.717) is 24.3 Å². The Labute approximate surface area is 347 Å². The number of carbonyl (C=O) groups is 2. The SMILES string of the molecule is CCCCCCCCCCCC(=O)Oc1c2ccccc2c(-c2c3ccccc3c(OC(=O)CCCCCCCCCCC)c3ccc(C)cc23)c2cc(C)ccc12. The van der Waals surface area contributed by atoms with Crippen molar-refractivity contribution in [2.45, 2.75) is 156 Å². The molecule has 0 radical (unpaired) electrons. The van der Waals surface area contributed by atoms with E-state index in [1.165, 1.54) is 77.0 Å². The number of hydrogen-bond donors (Lipinski definition) is 0. The number of benzene rings is 6. The van der Waals surface area contributed by atoms with Crippen LogP contribution in [0.3, 0.4) is 0 Å². The second-order valence-corrected chi connectivity index (χ2v) is 16.7. The van der Waals surface area contributed by atoms with Crippen molar-refractivity contribution < 1.29 is 19.1 Å². The Kier molecular flexibility index (Phi) is 16.2. The minimum absolute atomic E-state index is 0.178. The first kappa shape index (κ1) is 42.9. The summed E-state index contributed by atoms with van der Waals surface area (Å²) in [5.74, 6) is 0.898. The first-order valence-electron chi connectivity index (χ1n) is 22.7. The molecule has 0 fully saturated rings. The molecule has 0 N–H and O–H groups in total. The van der Waals surface area contributed by atoms with E-state index in [1.54, 1.807) is 0 Å². The first-order chi connectivity index (χ1) is 28.4. The molecule has 0 aliphatic heterocycles. The second-order valence-electron chi connectivity index (χ2n) is 16.7. The highest BCUT2D eigenvalue weighted by molar-refractivity contribution is 6.27. The highest BCUT2D eigenvalue weighted by atomic mass is 16.5. The van der Waals surface area contributed by atoms with Gasteiger partial charge < -0.3 is 9.47 Å². The molecule has 6 aromatic carbocycles. The third kappa shape index (κ3) is 10.9. The lowest BCUT2D eigenvalue weighted by molar-refractivity contribution is -0.135. The molecule has 0 aromatic heterocycles. The summed E-state index contributed by atoms with van der Waals surface area (Å²) in [4.78, 5) is 27.1. The number of fused-ring (bicyclic) bond motifs is 4. The zero-order valence-corrected chi connectivity index (χ0v) is 35.9. The monoisotopic (exact) mass is 778 g/mol. The van der Waals surface area contributed by atoms with Gasteiger partial charge in [0.05, 0.1) is 0 Å². The molecule has 6 aromatic rings. The molecule has 0 heterocycles. The molecule has 0 aliphatic rings. The molecule has 0 atom stereocenters. The van der Waals surface area contributed by atoms with Gasteiger partial charge in [0.2, 0.25) is 0 Å². The highest BCUT2D eigenvalue weighted by Crippen LogP contribution is 2.50. The number of aryl methyl sites for hydroxylation is 2. The maximum atomic E-state index is 13.5. The topological polar surface area (TPSA) is 52.6 Å². The van der Waals surface area contributed by atoms with Gasteiger partial charge in [-0.3, -0.25) is 9.59 Å². The predicted octanol–water partition coefficient (Wildman–Crippen LogP) is 16.2. The standard InChI is InChI=1S/C54H66O4/c1-5-7-9-11-13-15-17-19-21-31-49(55)57-53-43-29-25-23-27-41(43)51(47-37-39(3)33-35-45(47)53)52-42-28-24-26-30-44(42)54(46-36-34-40(4)38-48(46)52)58-50(56)32-22-20-18-16-14-12-10-8-6-2/h23-30,33-38H,5-22,31-32H2,1-4H3. The van der Waals surface area contributed by atoms with Crippen molar-refractivity contribution in [3.05, 3.63) is 96.1 Å². The number of unbranched alkanes of at least 4 members (excludes halogenated alkanes) is 16. The van der Waals surface area contributed by atoms with Crippen molar-refractivity contribution in [1.29, 1.82) is 0 Å². The Balaban J connectivity index is 1.33. The second kappa shape index (κ2) is 21.9. The number of ether oxygens (including phenoxy) is 2. The van der Waals surface area contributed by atoms with Crippen LogP contribution in [0.1, 0.15) is 153 Å². The van der Waals surface area contributed by atoms with Crippen LogP contribution in [-0.4, -0.2) is 11.9 Å². The smallest absolute Gasteiger partial charge is 0.311 e. The van der Waals surface area contributed by atoms with Crippen LogP contribution >= 0.6 is 0 Å². The Hall–Kier alpha value is -4.70. The summed E-state index contributed by atoms with van der Waals surface area (Å²) in [5.41, 5.74) is 4.44. The zero-order valence-electron chi connectivity index (χ0n) is 35.9. The van der Waals surface area contributed by atoms with Gasteiger partial charge in [-0.05, 0) is 59.4 Å². The fourth-order valence-electron chi connectivity index (χ4n) is 8.75. The average Bonchev–Trinajstić information content (AvgIpc) is 3.23. The fourth-order valence-corrected chi connectivity index (χ4v) is 8.75. The van der Waals surface area contributed by atoms with Crippen LogP contribution in [-0.2, 0) is 9.59 Å². The van der Waals surface area contributed by atoms with Crippen LogP contribution in [0.5, 0.6) is 11.5 Å². The molecule has 0 spiro atoms. The summed E-state index contributed by atoms with van der Waals surface area (Å²) in [5, 5.41) is 7.78. The van der Waals surface area contributed by atoms with E-state index in [4.69, 9.17) is 9.47 Å². The number of esters is 2. The molecule has 4 heteroatoms. The number of carbonyl (C=O) groups excluding carboxylic acids is 2. The van der Waals surface area contributed by atoms with E-state index in [9.17, 15) is 9.59 Å². The van der Waals surface area contributed by atoms with Crippen molar-refractivity contribution in [2.24, 2.45) is 0 Å². The maximum Gasteiger partial charge on any atom is 0.311 e. The summed E-state index contributed by atoms with van der Waals surface area (Å²) in [6.07, 6.45) is 22.4. The summed E-state index contributed by atoms with van der Waals surface area (Å²) in [6.45, 7) is 8.74. The summed E-state index contributed by atoms with van der Waals surface area (Å²) < 4.78 is 12.8. The number of hydrogen-bond acceptors (Lipinski definition) is 4. The summed E-state index contributed by atoms with van der Waals surface area (Å²) in [6, 6.07) is 29.5. The van der Waals surface area contributed by atoms with E-state index in [-0.39, 0.29) is 11.9 Å². The van der Waals surface area contributed by atoms with Crippen molar-refractivity contribution >= 4 is 55.0 Å². The Bertz CT molecular complexity index is 2140. The van der Waals surface area contributed by atoms with Gasteiger partial charge in [0, 0.05) is 34.4 Å². The van der Waals surface area contributed by atoms with Crippen LogP contribution < -0.4 is 9.47 Å². The van der Waals surface area contributed by atoms with Gasteiger partial charge in [0.15, 0.2) is 0 Å². The quantitative estimate of drug-likeness (QED) is 0.0281. The minimum atomic E-state index is -0.178. The van der Waals surface area contributed by atoms with Crippen LogP contribution in [0.25, 0.3) is 54.2 Å². The molecule has 58 heavy (non-hydrogen) atoms. The van der Waals surface area contributed by atoms with E-state index < -0.39 is 0 Å². The predicted molar refractivity (Wildman–Crippen MR) is 246 cm³/mol. The maximum absolute atomic E-state index is 13.5. The molecular weight excluding hydrogens is 713 g/mol. The molecule has 0 aliphatic carbocycles. The lowest BCUT2D eigenvalue weighted by Crippen LogP contribution is -2.09. The lowest BCUT2D eigenvalue weighted by atomic mass is 9.84. The average molecular weight is 779 g/mol. The van der Waals surface area contributed by atoms with Crippen LogP contribution in [0.2, 0.25) is 0 Å². The highest BCUT2D eigenvalue weighted by Gasteiger charge is 2.24. The van der Waals surface area contributed by atoms with Crippen LogP contribution in [0, 0.1) is 13.8 Å². The summed E-state index contributed by atoms with van der Waals surface area (Å²) in [7, 11) is 0. The Morgan fingerprint density at radius 2 is 0.690 bits per heavy atom. The molecule has 0 saturated heterocycles. The van der Waals surface area contributed by atoms with Crippen LogP contribution in [0.15, 0.2) is 84.9 Å². The van der Waals surface area contributed by atoms with E-state index in [2.05, 4.69) is 100 Å². The lowest BCUT2D eigenvalue weighted by Gasteiger charge is -2.22. The van der Waals surface area contributed by atoms with Gasteiger partial charge in [-0.15, -0.1) is 0 Å². The van der Waals surface area contributed by atoms with Crippen molar-refractivity contribution in [1.82, 2.24) is 0 Å². The Morgan fingerprint density at radius 3 is 1.05 bits per heavy atom. The normalized spacial score (nSPS) is 11.6. The third-order valence-corrected chi connectivity index (χ3v) is 11.9. The molecule has 0 bridgehead atoms. The molecule has 0 unspecified atom stereocenters. The van der Waals surface area contributed by atoms with Gasteiger partial charge in [0.1, 0.15) is 11.5 Å². The summed E-state index contributed by atoms with van der Waals surface area (Å²) >= 11 is 0. The van der Waals surface area contributed by atoms with Gasteiger partial charge in [0.25, 0.3) is 0 Å². The van der Waals surface area contributed by atoms with E-state index in [1.807, 2.05) is 12.1 Å². The third-order valence-electron chi connectivity index (χ3n) is 11.9. The van der Waals surface area contributed by atoms with Gasteiger partial charge in [-0.1, -0.05) is 213 Å². The number of rotatable bonds is 23. The molecule has 6 rings (SSSR count). The zero-order chi connectivity index (χ0) is 40.7. The molecule has 306 valence electrons. The van der Waals surface area contributed by atoms with Crippen molar-refractivity contribution in [3.63, 3.8) is 0 Å². The molecule has 0 amide bonds. The van der Waals surface area contributed by atoms with Crippen molar-refractivity contribution in [2.75, 3.05) is 0 Å². The van der Waals surface area contributed by atoms with Gasteiger partial charge >= 0.3 is 11.9 Å². The first-order valence-corrected chi connectivity index (χ1v) is 22.7. The van der Waals surface area contributed by atoms with E-state index >= 15 is 0 Å². The van der Waals surface area contributed by atoms with Crippen molar-refractivity contribution in [3.8, 4) is 22.6 Å². The minimum Gasteiger partial charge on any atom is -0.425 e. The molecule has 0 saturated carbocycles. The van der Waals surface area contributed by atoms with Gasteiger partial charge in [-0.2, -0.15) is 0 Å².